The Bertz CT molecular complexity index is 430. The zero-order valence-electron chi connectivity index (χ0n) is 11.5. The summed E-state index contributed by atoms with van der Waals surface area (Å²) in [5.74, 6) is 0.0356. The molecule has 0 spiro atoms. The van der Waals surface area contributed by atoms with Gasteiger partial charge in [0.2, 0.25) is 12.3 Å². The number of carbonyl (C=O) groups excluding carboxylic acids is 2. The average molecular weight is 276 g/mol. The van der Waals surface area contributed by atoms with Crippen LogP contribution < -0.4 is 5.32 Å². The Morgan fingerprint density at radius 2 is 2.10 bits per heavy atom. The minimum absolute atomic E-state index is 0.0356. The Morgan fingerprint density at radius 3 is 2.75 bits per heavy atom. The Kier molecular flexibility index (Phi) is 5.49. The van der Waals surface area contributed by atoms with E-state index in [1.165, 1.54) is 0 Å². The number of rotatable bonds is 6. The standard InChI is InChI=1S/C14H20N4O2/c19-12-18-9-7-17(8-10-18)6-4-14(20)16-11-13-3-1-2-5-15-13/h1-3,5,12H,4,6-11H2,(H,16,20). The highest BCUT2D eigenvalue weighted by Gasteiger charge is 2.15. The van der Waals surface area contributed by atoms with Crippen LogP contribution in [0.1, 0.15) is 12.1 Å². The molecular weight excluding hydrogens is 256 g/mol. The lowest BCUT2D eigenvalue weighted by Gasteiger charge is -2.32. The molecule has 0 saturated carbocycles. The van der Waals surface area contributed by atoms with E-state index < -0.39 is 0 Å². The van der Waals surface area contributed by atoms with Crippen molar-refractivity contribution in [3.8, 4) is 0 Å². The van der Waals surface area contributed by atoms with Crippen molar-refractivity contribution in [2.45, 2.75) is 13.0 Å². The highest BCUT2D eigenvalue weighted by molar-refractivity contribution is 5.76. The molecule has 1 saturated heterocycles. The van der Waals surface area contributed by atoms with E-state index in [9.17, 15) is 9.59 Å². The Labute approximate surface area is 118 Å². The number of piperazine rings is 1. The normalized spacial score (nSPS) is 15.9. The second kappa shape index (κ2) is 7.59. The van der Waals surface area contributed by atoms with Crippen molar-refractivity contribution in [2.24, 2.45) is 0 Å². The fraction of sp³-hybridized carbons (Fsp3) is 0.500. The Hall–Kier alpha value is -1.95. The first-order valence-electron chi connectivity index (χ1n) is 6.86. The molecule has 0 aliphatic carbocycles. The second-order valence-corrected chi connectivity index (χ2v) is 4.83. The van der Waals surface area contributed by atoms with Gasteiger partial charge in [-0.1, -0.05) is 6.07 Å². The van der Waals surface area contributed by atoms with E-state index in [0.29, 0.717) is 13.0 Å². The third-order valence-corrected chi connectivity index (χ3v) is 3.40. The van der Waals surface area contributed by atoms with E-state index in [2.05, 4.69) is 15.2 Å². The lowest BCUT2D eigenvalue weighted by molar-refractivity contribution is -0.123. The van der Waals surface area contributed by atoms with Gasteiger partial charge in [0, 0.05) is 45.3 Å². The zero-order chi connectivity index (χ0) is 14.2. The molecule has 1 N–H and O–H groups in total. The molecule has 0 radical (unpaired) electrons. The number of amides is 2. The summed E-state index contributed by atoms with van der Waals surface area (Å²) in [6.45, 7) is 4.38. The first-order valence-corrected chi connectivity index (χ1v) is 6.86. The maximum Gasteiger partial charge on any atom is 0.221 e. The van der Waals surface area contributed by atoms with E-state index >= 15 is 0 Å². The quantitative estimate of drug-likeness (QED) is 0.735. The average Bonchev–Trinajstić information content (AvgIpc) is 2.52. The monoisotopic (exact) mass is 276 g/mol. The number of carbonyl (C=O) groups is 2. The van der Waals surface area contributed by atoms with Crippen LogP contribution in [0, 0.1) is 0 Å². The van der Waals surface area contributed by atoms with Crippen LogP contribution in [0.2, 0.25) is 0 Å². The van der Waals surface area contributed by atoms with Gasteiger partial charge in [-0.3, -0.25) is 19.5 Å². The topological polar surface area (TPSA) is 65.5 Å². The molecule has 108 valence electrons. The van der Waals surface area contributed by atoms with Gasteiger partial charge in [-0.05, 0) is 12.1 Å². The fourth-order valence-electron chi connectivity index (χ4n) is 2.13. The van der Waals surface area contributed by atoms with Crippen LogP contribution in [0.5, 0.6) is 0 Å². The van der Waals surface area contributed by atoms with Gasteiger partial charge in [-0.15, -0.1) is 0 Å². The molecule has 0 unspecified atom stereocenters. The Morgan fingerprint density at radius 1 is 1.30 bits per heavy atom. The molecule has 0 atom stereocenters. The van der Waals surface area contributed by atoms with Crippen LogP contribution in [0.3, 0.4) is 0 Å². The van der Waals surface area contributed by atoms with E-state index in [1.807, 2.05) is 18.2 Å². The highest BCUT2D eigenvalue weighted by atomic mass is 16.1. The Balaban J connectivity index is 1.62. The summed E-state index contributed by atoms with van der Waals surface area (Å²) in [6, 6.07) is 5.64. The summed E-state index contributed by atoms with van der Waals surface area (Å²) in [5, 5.41) is 2.86. The molecule has 1 aliphatic heterocycles. The van der Waals surface area contributed by atoms with E-state index in [4.69, 9.17) is 0 Å². The van der Waals surface area contributed by atoms with Crippen molar-refractivity contribution >= 4 is 12.3 Å². The molecule has 6 heteroatoms. The molecule has 0 bridgehead atoms. The molecule has 1 aliphatic rings. The lowest BCUT2D eigenvalue weighted by atomic mass is 10.3. The minimum Gasteiger partial charge on any atom is -0.350 e. The van der Waals surface area contributed by atoms with E-state index in [1.54, 1.807) is 11.1 Å². The molecule has 2 amide bonds. The number of aromatic nitrogens is 1. The van der Waals surface area contributed by atoms with Gasteiger partial charge in [-0.2, -0.15) is 0 Å². The van der Waals surface area contributed by atoms with Crippen LogP contribution in [0.15, 0.2) is 24.4 Å². The lowest BCUT2D eigenvalue weighted by Crippen LogP contribution is -2.46. The van der Waals surface area contributed by atoms with Crippen molar-refractivity contribution < 1.29 is 9.59 Å². The summed E-state index contributed by atoms with van der Waals surface area (Å²) >= 11 is 0. The number of pyridine rings is 1. The van der Waals surface area contributed by atoms with Gasteiger partial charge in [0.25, 0.3) is 0 Å². The van der Waals surface area contributed by atoms with Crippen LogP contribution in [-0.4, -0.2) is 59.8 Å². The summed E-state index contributed by atoms with van der Waals surface area (Å²) in [5.41, 5.74) is 0.862. The minimum atomic E-state index is 0.0356. The van der Waals surface area contributed by atoms with E-state index in [0.717, 1.165) is 44.8 Å². The molecule has 2 heterocycles. The van der Waals surface area contributed by atoms with Gasteiger partial charge in [0.1, 0.15) is 0 Å². The van der Waals surface area contributed by atoms with Crippen LogP contribution in [0.4, 0.5) is 0 Å². The molecule has 6 nitrogen and oxygen atoms in total. The summed E-state index contributed by atoms with van der Waals surface area (Å²) < 4.78 is 0. The van der Waals surface area contributed by atoms with Gasteiger partial charge in [-0.25, -0.2) is 0 Å². The van der Waals surface area contributed by atoms with Gasteiger partial charge in [0.15, 0.2) is 0 Å². The second-order valence-electron chi connectivity index (χ2n) is 4.83. The molecule has 1 fully saturated rings. The fourth-order valence-corrected chi connectivity index (χ4v) is 2.13. The number of hydrogen-bond donors (Lipinski definition) is 1. The van der Waals surface area contributed by atoms with E-state index in [-0.39, 0.29) is 5.91 Å². The van der Waals surface area contributed by atoms with Crippen molar-refractivity contribution in [3.05, 3.63) is 30.1 Å². The predicted molar refractivity (Wildman–Crippen MR) is 74.8 cm³/mol. The maximum atomic E-state index is 11.7. The molecule has 1 aromatic heterocycles. The SMILES string of the molecule is O=CN1CCN(CCC(=O)NCc2ccccn2)CC1. The van der Waals surface area contributed by atoms with Gasteiger partial charge in [0.05, 0.1) is 12.2 Å². The molecule has 0 aromatic carbocycles. The predicted octanol–water partition coefficient (Wildman–Crippen LogP) is -0.138. The summed E-state index contributed by atoms with van der Waals surface area (Å²) in [4.78, 5) is 30.5. The van der Waals surface area contributed by atoms with Crippen LogP contribution >= 0.6 is 0 Å². The first-order chi connectivity index (χ1) is 9.78. The van der Waals surface area contributed by atoms with Gasteiger partial charge < -0.3 is 10.2 Å². The van der Waals surface area contributed by atoms with Gasteiger partial charge >= 0.3 is 0 Å². The third-order valence-electron chi connectivity index (χ3n) is 3.40. The summed E-state index contributed by atoms with van der Waals surface area (Å²) in [6.07, 6.45) is 3.08. The van der Waals surface area contributed by atoms with Crippen LogP contribution in [0.25, 0.3) is 0 Å². The van der Waals surface area contributed by atoms with Crippen molar-refractivity contribution in [2.75, 3.05) is 32.7 Å². The molecular formula is C14H20N4O2. The number of nitrogens with zero attached hydrogens (tertiary/aromatic N) is 3. The highest BCUT2D eigenvalue weighted by Crippen LogP contribution is 2.00. The molecule has 2 rings (SSSR count). The smallest absolute Gasteiger partial charge is 0.221 e. The van der Waals surface area contributed by atoms with Crippen molar-refractivity contribution in [1.29, 1.82) is 0 Å². The zero-order valence-corrected chi connectivity index (χ0v) is 11.5. The first kappa shape index (κ1) is 14.5. The molecule has 20 heavy (non-hydrogen) atoms. The van der Waals surface area contributed by atoms with Crippen molar-refractivity contribution in [1.82, 2.24) is 20.1 Å². The number of hydrogen-bond acceptors (Lipinski definition) is 4. The largest absolute Gasteiger partial charge is 0.350 e. The van der Waals surface area contributed by atoms with Crippen LogP contribution in [-0.2, 0) is 16.1 Å². The molecule has 1 aromatic rings. The number of nitrogens with one attached hydrogen (secondary N) is 1. The van der Waals surface area contributed by atoms with Crippen molar-refractivity contribution in [3.63, 3.8) is 0 Å². The third kappa shape index (κ3) is 4.62. The summed E-state index contributed by atoms with van der Waals surface area (Å²) in [7, 11) is 0. The maximum absolute atomic E-state index is 11.7.